The number of benzene rings is 2. The van der Waals surface area contributed by atoms with Crippen LogP contribution in [0.2, 0.25) is 0 Å². The molecule has 7 rings (SSSR count). The van der Waals surface area contributed by atoms with Crippen LogP contribution in [0.1, 0.15) is 11.1 Å². The number of piperazine rings is 1. The van der Waals surface area contributed by atoms with Crippen molar-refractivity contribution in [2.45, 2.75) is 18.4 Å². The van der Waals surface area contributed by atoms with E-state index >= 15 is 0 Å². The second-order valence-corrected chi connectivity index (χ2v) is 13.4. The van der Waals surface area contributed by atoms with Gasteiger partial charge >= 0.3 is 0 Å². The van der Waals surface area contributed by atoms with Crippen LogP contribution in [0.4, 0.5) is 10.2 Å². The van der Waals surface area contributed by atoms with E-state index in [-0.39, 0.29) is 10.7 Å². The normalized spacial score (nSPS) is 14.0. The molecule has 12 heteroatoms. The summed E-state index contributed by atoms with van der Waals surface area (Å²) in [6.45, 7) is 5.89. The molecule has 6 aromatic rings. The summed E-state index contributed by atoms with van der Waals surface area (Å²) < 4.78 is 44.6. The monoisotopic (exact) mass is 646 g/mol. The summed E-state index contributed by atoms with van der Waals surface area (Å²) >= 11 is 0. The van der Waals surface area contributed by atoms with Crippen LogP contribution in [-0.2, 0) is 16.6 Å². The van der Waals surface area contributed by atoms with Gasteiger partial charge in [0.15, 0.2) is 5.65 Å². The van der Waals surface area contributed by atoms with Gasteiger partial charge in [-0.2, -0.15) is 10.4 Å². The number of halogens is 1. The highest BCUT2D eigenvalue weighted by Crippen LogP contribution is 2.35. The molecule has 236 valence electrons. The summed E-state index contributed by atoms with van der Waals surface area (Å²) in [7, 11) is -3.97. The van der Waals surface area contributed by atoms with E-state index in [0.29, 0.717) is 35.2 Å². The quantitative estimate of drug-likeness (QED) is 0.204. The summed E-state index contributed by atoms with van der Waals surface area (Å²) in [5, 5.41) is 14.1. The molecule has 1 aliphatic rings. The Morgan fingerprint density at radius 1 is 0.872 bits per heavy atom. The average molecular weight is 647 g/mol. The number of fused-ring (bicyclic) bond motifs is 1. The Bertz CT molecular complexity index is 2210. The molecule has 47 heavy (non-hydrogen) atoms. The number of nitrogens with zero attached hydrogens (tertiary/aromatic N) is 8. The van der Waals surface area contributed by atoms with Gasteiger partial charge in [0.25, 0.3) is 10.0 Å². The molecule has 0 bridgehead atoms. The summed E-state index contributed by atoms with van der Waals surface area (Å²) in [6, 6.07) is 21.2. The van der Waals surface area contributed by atoms with Crippen LogP contribution in [0.15, 0.2) is 103 Å². The fourth-order valence-corrected chi connectivity index (χ4v) is 7.19. The van der Waals surface area contributed by atoms with E-state index in [0.717, 1.165) is 54.3 Å². The van der Waals surface area contributed by atoms with Crippen LogP contribution in [0, 0.1) is 24.1 Å². The third-order valence-corrected chi connectivity index (χ3v) is 10.1. The van der Waals surface area contributed by atoms with Gasteiger partial charge in [0.2, 0.25) is 0 Å². The van der Waals surface area contributed by atoms with E-state index in [1.165, 1.54) is 16.1 Å². The van der Waals surface area contributed by atoms with Gasteiger partial charge in [-0.25, -0.2) is 26.7 Å². The minimum absolute atomic E-state index is 0.160. The average Bonchev–Trinajstić information content (AvgIpc) is 3.70. The van der Waals surface area contributed by atoms with Crippen molar-refractivity contribution >= 4 is 26.9 Å². The lowest BCUT2D eigenvalue weighted by Gasteiger charge is -2.34. The fraction of sp³-hybridized carbons (Fsp3) is 0.200. The second-order valence-electron chi connectivity index (χ2n) is 11.6. The molecule has 0 aliphatic carbocycles. The standard InChI is InChI=1S/C35H31FN8O2S/c1-25-5-8-31(9-6-25)47(45,46)44-24-33(29-21-40-43(23-29)22-26-3-2-4-30(36)17-26)32-18-28(20-39-35(32)44)27-7-10-34(38-19-27)42-15-13-41(12-11-37)14-16-42/h2-10,17-21,23-24H,12-16,22H2,1H3. The van der Waals surface area contributed by atoms with Crippen molar-refractivity contribution in [1.82, 2.24) is 28.6 Å². The highest BCUT2D eigenvalue weighted by molar-refractivity contribution is 7.90. The molecule has 0 saturated carbocycles. The van der Waals surface area contributed by atoms with E-state index < -0.39 is 10.0 Å². The number of hydrogen-bond donors (Lipinski definition) is 0. The molecule has 2 aromatic carbocycles. The molecule has 4 aromatic heterocycles. The Morgan fingerprint density at radius 2 is 1.66 bits per heavy atom. The zero-order chi connectivity index (χ0) is 32.5. The second kappa shape index (κ2) is 12.4. The predicted octanol–water partition coefficient (Wildman–Crippen LogP) is 5.34. The lowest BCUT2D eigenvalue weighted by molar-refractivity contribution is 0.286. The minimum Gasteiger partial charge on any atom is -0.354 e. The van der Waals surface area contributed by atoms with Crippen LogP contribution in [0.3, 0.4) is 0 Å². The molecule has 0 amide bonds. The largest absolute Gasteiger partial charge is 0.354 e. The van der Waals surface area contributed by atoms with Gasteiger partial charge in [0.05, 0.1) is 30.3 Å². The maximum atomic E-state index is 13.9. The smallest absolute Gasteiger partial charge is 0.269 e. The maximum Gasteiger partial charge on any atom is 0.269 e. The first-order valence-corrected chi connectivity index (χ1v) is 16.6. The number of anilines is 1. The Hall–Kier alpha value is -5.38. The van der Waals surface area contributed by atoms with Crippen LogP contribution < -0.4 is 4.90 Å². The Morgan fingerprint density at radius 3 is 2.38 bits per heavy atom. The lowest BCUT2D eigenvalue weighted by atomic mass is 10.1. The van der Waals surface area contributed by atoms with E-state index in [2.05, 4.69) is 26.0 Å². The zero-order valence-electron chi connectivity index (χ0n) is 25.7. The summed E-state index contributed by atoms with van der Waals surface area (Å²) in [4.78, 5) is 13.9. The van der Waals surface area contributed by atoms with Crippen LogP contribution in [-0.4, -0.2) is 69.8 Å². The summed E-state index contributed by atoms with van der Waals surface area (Å²) in [6.07, 6.45) is 8.56. The highest BCUT2D eigenvalue weighted by Gasteiger charge is 2.24. The topological polar surface area (TPSA) is 113 Å². The number of hydrogen-bond acceptors (Lipinski definition) is 8. The van der Waals surface area contributed by atoms with Crippen molar-refractivity contribution in [3.63, 3.8) is 0 Å². The third-order valence-electron chi connectivity index (χ3n) is 8.44. The molecule has 0 unspecified atom stereocenters. The van der Waals surface area contributed by atoms with Gasteiger partial charge in [0.1, 0.15) is 11.6 Å². The van der Waals surface area contributed by atoms with Gasteiger partial charge in [-0.1, -0.05) is 29.8 Å². The summed E-state index contributed by atoms with van der Waals surface area (Å²) in [5.41, 5.74) is 4.98. The number of pyridine rings is 2. The van der Waals surface area contributed by atoms with Crippen molar-refractivity contribution in [2.24, 2.45) is 0 Å². The van der Waals surface area contributed by atoms with Crippen LogP contribution in [0.25, 0.3) is 33.3 Å². The van der Waals surface area contributed by atoms with Crippen molar-refractivity contribution < 1.29 is 12.8 Å². The first kappa shape index (κ1) is 30.3. The van der Waals surface area contributed by atoms with E-state index in [9.17, 15) is 12.8 Å². The van der Waals surface area contributed by atoms with Gasteiger partial charge in [0, 0.05) is 78.6 Å². The first-order chi connectivity index (χ1) is 22.8. The summed E-state index contributed by atoms with van der Waals surface area (Å²) in [5.74, 6) is 0.541. The molecule has 0 spiro atoms. The number of nitriles is 1. The van der Waals surface area contributed by atoms with Crippen LogP contribution >= 0.6 is 0 Å². The Labute approximate surface area is 272 Å². The van der Waals surface area contributed by atoms with E-state index in [1.807, 2.05) is 37.4 Å². The minimum atomic E-state index is -3.97. The predicted molar refractivity (Wildman–Crippen MR) is 178 cm³/mol. The number of aryl methyl sites for hydroxylation is 1. The fourth-order valence-electron chi connectivity index (χ4n) is 5.86. The first-order valence-electron chi connectivity index (χ1n) is 15.2. The maximum absolute atomic E-state index is 13.9. The molecule has 1 fully saturated rings. The van der Waals surface area contributed by atoms with Crippen molar-refractivity contribution in [2.75, 3.05) is 37.6 Å². The molecule has 5 heterocycles. The van der Waals surface area contributed by atoms with Gasteiger partial charge < -0.3 is 4.90 Å². The molecule has 0 atom stereocenters. The van der Waals surface area contributed by atoms with Gasteiger partial charge in [-0.3, -0.25) is 9.58 Å². The lowest BCUT2D eigenvalue weighted by Crippen LogP contribution is -2.46. The van der Waals surface area contributed by atoms with Crippen molar-refractivity contribution in [3.8, 4) is 28.3 Å². The Kier molecular flexibility index (Phi) is 8.01. The molecule has 10 nitrogen and oxygen atoms in total. The zero-order valence-corrected chi connectivity index (χ0v) is 26.5. The Balaban J connectivity index is 1.26. The van der Waals surface area contributed by atoms with Gasteiger partial charge in [-0.15, -0.1) is 0 Å². The highest BCUT2D eigenvalue weighted by atomic mass is 32.2. The van der Waals surface area contributed by atoms with Crippen molar-refractivity contribution in [1.29, 1.82) is 5.26 Å². The molecular formula is C35H31FN8O2S. The molecule has 0 N–H and O–H groups in total. The SMILES string of the molecule is Cc1ccc(S(=O)(=O)n2cc(-c3cnn(Cc4cccc(F)c4)c3)c3cc(-c4ccc(N5CCN(CC#N)CC5)nc4)cnc32)cc1. The van der Waals surface area contributed by atoms with E-state index in [1.54, 1.807) is 59.8 Å². The van der Waals surface area contributed by atoms with Gasteiger partial charge in [-0.05, 0) is 55.0 Å². The molecular weight excluding hydrogens is 616 g/mol. The molecule has 1 aliphatic heterocycles. The molecule has 1 saturated heterocycles. The number of rotatable bonds is 8. The number of aromatic nitrogens is 5. The van der Waals surface area contributed by atoms with E-state index in [4.69, 9.17) is 10.2 Å². The third kappa shape index (κ3) is 6.10. The van der Waals surface area contributed by atoms with Crippen molar-refractivity contribution in [3.05, 3.63) is 115 Å². The molecule has 0 radical (unpaired) electrons. The van der Waals surface area contributed by atoms with Crippen LogP contribution in [0.5, 0.6) is 0 Å².